The summed E-state index contributed by atoms with van der Waals surface area (Å²) in [6, 6.07) is 13.8. The van der Waals surface area contributed by atoms with Crippen molar-refractivity contribution in [2.75, 3.05) is 7.11 Å². The number of nitro benzene ring substituents is 1. The highest BCUT2D eigenvalue weighted by molar-refractivity contribution is 6.35. The van der Waals surface area contributed by atoms with E-state index in [2.05, 4.69) is 4.98 Å². The van der Waals surface area contributed by atoms with Gasteiger partial charge in [-0.2, -0.15) is 0 Å². The summed E-state index contributed by atoms with van der Waals surface area (Å²) >= 11 is 6.15. The molecule has 0 unspecified atom stereocenters. The molecule has 0 fully saturated rings. The number of aromatic nitrogens is 1. The molecule has 2 aromatic carbocycles. The van der Waals surface area contributed by atoms with Crippen molar-refractivity contribution in [3.8, 4) is 22.8 Å². The fourth-order valence-electron chi connectivity index (χ4n) is 2.93. The zero-order chi connectivity index (χ0) is 21.3. The van der Waals surface area contributed by atoms with Gasteiger partial charge in [0.1, 0.15) is 17.0 Å². The highest BCUT2D eigenvalue weighted by atomic mass is 35.5. The molecule has 0 atom stereocenters. The van der Waals surface area contributed by atoms with Crippen molar-refractivity contribution < 1.29 is 23.6 Å². The number of pyridine rings is 1. The van der Waals surface area contributed by atoms with E-state index in [9.17, 15) is 14.9 Å². The SMILES string of the molecule is COc1ccc(-c2ccc(C(=O)Oc3ccc(Cl)c4cccnc34)o2)c([N+](=O)[O-])c1. The molecule has 4 aromatic rings. The van der Waals surface area contributed by atoms with E-state index < -0.39 is 10.9 Å². The van der Waals surface area contributed by atoms with Crippen LogP contribution in [0.25, 0.3) is 22.2 Å². The second kappa shape index (κ2) is 7.84. The summed E-state index contributed by atoms with van der Waals surface area (Å²) in [7, 11) is 1.41. The van der Waals surface area contributed by atoms with Crippen LogP contribution in [0, 0.1) is 10.1 Å². The summed E-state index contributed by atoms with van der Waals surface area (Å²) in [5.41, 5.74) is 0.422. The molecule has 0 radical (unpaired) electrons. The maximum absolute atomic E-state index is 12.6. The van der Waals surface area contributed by atoms with Crippen LogP contribution in [0.5, 0.6) is 11.5 Å². The maximum atomic E-state index is 12.6. The molecule has 30 heavy (non-hydrogen) atoms. The summed E-state index contributed by atoms with van der Waals surface area (Å²) in [6.45, 7) is 0. The van der Waals surface area contributed by atoms with Crippen molar-refractivity contribution >= 4 is 34.2 Å². The zero-order valence-electron chi connectivity index (χ0n) is 15.5. The number of esters is 1. The summed E-state index contributed by atoms with van der Waals surface area (Å²) in [6.07, 6.45) is 1.56. The molecule has 2 heterocycles. The van der Waals surface area contributed by atoms with E-state index in [1.165, 1.54) is 37.4 Å². The Morgan fingerprint density at radius 1 is 1.17 bits per heavy atom. The van der Waals surface area contributed by atoms with E-state index in [0.29, 0.717) is 21.7 Å². The van der Waals surface area contributed by atoms with E-state index in [1.54, 1.807) is 30.5 Å². The van der Waals surface area contributed by atoms with Crippen LogP contribution in [0.3, 0.4) is 0 Å². The van der Waals surface area contributed by atoms with Crippen molar-refractivity contribution in [2.24, 2.45) is 0 Å². The molecule has 9 heteroatoms. The molecule has 0 bridgehead atoms. The molecule has 0 spiro atoms. The number of hydrogen-bond donors (Lipinski definition) is 0. The second-order valence-corrected chi connectivity index (χ2v) is 6.55. The van der Waals surface area contributed by atoms with Crippen LogP contribution < -0.4 is 9.47 Å². The van der Waals surface area contributed by atoms with Gasteiger partial charge in [0.15, 0.2) is 5.75 Å². The Morgan fingerprint density at radius 2 is 2.00 bits per heavy atom. The second-order valence-electron chi connectivity index (χ2n) is 6.14. The number of methoxy groups -OCH3 is 1. The molecule has 150 valence electrons. The molecule has 2 aromatic heterocycles. The van der Waals surface area contributed by atoms with E-state index in [1.807, 2.05) is 0 Å². The normalized spacial score (nSPS) is 10.7. The van der Waals surface area contributed by atoms with Crippen molar-refractivity contribution in [3.63, 3.8) is 0 Å². The summed E-state index contributed by atoms with van der Waals surface area (Å²) < 4.78 is 16.0. The lowest BCUT2D eigenvalue weighted by atomic mass is 10.1. The fraction of sp³-hybridized carbons (Fsp3) is 0.0476. The van der Waals surface area contributed by atoms with E-state index in [4.69, 9.17) is 25.5 Å². The average molecular weight is 425 g/mol. The van der Waals surface area contributed by atoms with Gasteiger partial charge in [-0.3, -0.25) is 15.1 Å². The zero-order valence-corrected chi connectivity index (χ0v) is 16.3. The number of carbonyl (C=O) groups is 1. The monoisotopic (exact) mass is 424 g/mol. The highest BCUT2D eigenvalue weighted by Gasteiger charge is 2.22. The van der Waals surface area contributed by atoms with Crippen LogP contribution in [0.4, 0.5) is 5.69 Å². The van der Waals surface area contributed by atoms with Crippen LogP contribution >= 0.6 is 11.6 Å². The van der Waals surface area contributed by atoms with Crippen molar-refractivity contribution in [1.82, 2.24) is 4.98 Å². The van der Waals surface area contributed by atoms with Gasteiger partial charge in [0.05, 0.1) is 28.7 Å². The van der Waals surface area contributed by atoms with Gasteiger partial charge < -0.3 is 13.9 Å². The molecule has 0 aliphatic carbocycles. The van der Waals surface area contributed by atoms with Crippen LogP contribution in [-0.4, -0.2) is 23.0 Å². The third-order valence-corrected chi connectivity index (χ3v) is 4.69. The topological polar surface area (TPSA) is 105 Å². The number of rotatable bonds is 5. The minimum atomic E-state index is -0.772. The van der Waals surface area contributed by atoms with Crippen molar-refractivity contribution in [3.05, 3.63) is 81.7 Å². The maximum Gasteiger partial charge on any atom is 0.379 e. The Balaban J connectivity index is 1.65. The lowest BCUT2D eigenvalue weighted by Gasteiger charge is -2.07. The minimum Gasteiger partial charge on any atom is -0.497 e. The molecule has 4 rings (SSSR count). The molecule has 8 nitrogen and oxygen atoms in total. The van der Waals surface area contributed by atoms with Crippen LogP contribution in [0.15, 0.2) is 65.2 Å². The average Bonchev–Trinajstić information content (AvgIpc) is 3.25. The summed E-state index contributed by atoms with van der Waals surface area (Å²) in [5.74, 6) is -0.191. The summed E-state index contributed by atoms with van der Waals surface area (Å²) in [4.78, 5) is 27.6. The first kappa shape index (κ1) is 19.4. The number of carbonyl (C=O) groups excluding carboxylic acids is 1. The van der Waals surface area contributed by atoms with Gasteiger partial charge in [0, 0.05) is 11.6 Å². The molecule has 0 saturated carbocycles. The van der Waals surface area contributed by atoms with E-state index in [0.717, 1.165) is 0 Å². The lowest BCUT2D eigenvalue weighted by Crippen LogP contribution is -2.07. The molecule has 0 amide bonds. The molecular weight excluding hydrogens is 412 g/mol. The van der Waals surface area contributed by atoms with E-state index >= 15 is 0 Å². The van der Waals surface area contributed by atoms with Crippen LogP contribution in [-0.2, 0) is 0 Å². The van der Waals surface area contributed by atoms with Gasteiger partial charge in [0.25, 0.3) is 5.69 Å². The van der Waals surface area contributed by atoms with Gasteiger partial charge >= 0.3 is 5.97 Å². The first-order valence-corrected chi connectivity index (χ1v) is 9.04. The fourth-order valence-corrected chi connectivity index (χ4v) is 3.15. The number of ether oxygens (including phenoxy) is 2. The van der Waals surface area contributed by atoms with Crippen LogP contribution in [0.2, 0.25) is 5.02 Å². The number of fused-ring (bicyclic) bond motifs is 1. The van der Waals surface area contributed by atoms with Crippen molar-refractivity contribution in [1.29, 1.82) is 0 Å². The predicted molar refractivity (Wildman–Crippen MR) is 109 cm³/mol. The smallest absolute Gasteiger partial charge is 0.379 e. The Kier molecular flexibility index (Phi) is 5.07. The number of benzene rings is 2. The van der Waals surface area contributed by atoms with Gasteiger partial charge in [-0.15, -0.1) is 0 Å². The highest BCUT2D eigenvalue weighted by Crippen LogP contribution is 2.35. The van der Waals surface area contributed by atoms with Crippen LogP contribution in [0.1, 0.15) is 10.6 Å². The van der Waals surface area contributed by atoms with Gasteiger partial charge in [-0.05, 0) is 48.5 Å². The van der Waals surface area contributed by atoms with Gasteiger partial charge in [-0.25, -0.2) is 4.79 Å². The van der Waals surface area contributed by atoms with Crippen molar-refractivity contribution in [2.45, 2.75) is 0 Å². The molecule has 0 saturated heterocycles. The molecule has 0 N–H and O–H groups in total. The number of furan rings is 1. The molecule has 0 aliphatic rings. The summed E-state index contributed by atoms with van der Waals surface area (Å²) in [5, 5.41) is 12.5. The Labute approximate surface area is 174 Å². The first-order valence-electron chi connectivity index (χ1n) is 8.66. The number of nitro groups is 1. The predicted octanol–water partition coefficient (Wildman–Crippen LogP) is 5.28. The number of hydrogen-bond acceptors (Lipinski definition) is 7. The third kappa shape index (κ3) is 3.56. The third-order valence-electron chi connectivity index (χ3n) is 4.36. The number of halogens is 1. The Bertz CT molecular complexity index is 1280. The lowest BCUT2D eigenvalue weighted by molar-refractivity contribution is -0.384. The van der Waals surface area contributed by atoms with Gasteiger partial charge in [-0.1, -0.05) is 11.6 Å². The van der Waals surface area contributed by atoms with E-state index in [-0.39, 0.29) is 28.5 Å². The molecule has 0 aliphatic heterocycles. The Hall–Kier alpha value is -3.91. The largest absolute Gasteiger partial charge is 0.497 e. The quantitative estimate of drug-likeness (QED) is 0.185. The Morgan fingerprint density at radius 3 is 2.77 bits per heavy atom. The molecular formula is C21H13ClN2O6. The van der Waals surface area contributed by atoms with Gasteiger partial charge in [0.2, 0.25) is 5.76 Å². The first-order chi connectivity index (χ1) is 14.5. The standard InChI is InChI=1S/C21H13ClN2O6/c1-28-12-4-5-14(16(11-12)24(26)27)17-8-9-19(29-17)21(25)30-18-7-6-15(22)13-3-2-10-23-20(13)18/h2-11H,1H3. The number of nitrogens with zero attached hydrogens (tertiary/aromatic N) is 2. The minimum absolute atomic E-state index is 0.117.